The molecule has 3 aliphatic heterocycles. The highest BCUT2D eigenvalue weighted by Crippen LogP contribution is 2.25. The second-order valence-corrected chi connectivity index (χ2v) is 5.35. The summed E-state index contributed by atoms with van der Waals surface area (Å²) in [6.07, 6.45) is -0.525. The molecule has 3 heterocycles. The molecule has 21 heavy (non-hydrogen) atoms. The lowest BCUT2D eigenvalue weighted by Gasteiger charge is -2.38. The first-order chi connectivity index (χ1) is 10.1. The second-order valence-electron chi connectivity index (χ2n) is 5.35. The van der Waals surface area contributed by atoms with Crippen LogP contribution in [0, 0.1) is 0 Å². The third-order valence-corrected chi connectivity index (χ3v) is 4.08. The van der Waals surface area contributed by atoms with Crippen LogP contribution in [0.25, 0.3) is 0 Å². The van der Waals surface area contributed by atoms with E-state index in [-0.39, 0.29) is 12.5 Å². The number of aliphatic hydroxyl groups excluding tert-OH is 1. The maximum Gasteiger partial charge on any atom is 0.325 e. The molecule has 3 amide bonds. The number of guanidine groups is 1. The molecule has 2 saturated heterocycles. The van der Waals surface area contributed by atoms with E-state index in [1.54, 1.807) is 11.9 Å². The van der Waals surface area contributed by atoms with Crippen molar-refractivity contribution in [3.05, 3.63) is 0 Å². The van der Waals surface area contributed by atoms with Crippen molar-refractivity contribution in [2.75, 3.05) is 46.4 Å². The van der Waals surface area contributed by atoms with Crippen LogP contribution in [-0.4, -0.2) is 96.3 Å². The van der Waals surface area contributed by atoms with Crippen molar-refractivity contribution in [3.63, 3.8) is 0 Å². The Bertz CT molecular complexity index is 476. The highest BCUT2D eigenvalue weighted by atomic mass is 16.3. The molecule has 9 nitrogen and oxygen atoms in total. The number of rotatable bonds is 2. The SMILES string of the molecule is CN1C(=O)NC(=O)C2C1N=C(N1CCNCC1)N2CCO. The molecular weight excluding hydrogens is 276 g/mol. The molecule has 0 bridgehead atoms. The van der Waals surface area contributed by atoms with Crippen molar-refractivity contribution in [1.29, 1.82) is 0 Å². The number of nitrogens with one attached hydrogen (secondary N) is 2. The van der Waals surface area contributed by atoms with Crippen LogP contribution in [0.2, 0.25) is 0 Å². The Kier molecular flexibility index (Phi) is 3.68. The van der Waals surface area contributed by atoms with Crippen LogP contribution in [-0.2, 0) is 4.79 Å². The lowest BCUT2D eigenvalue weighted by Crippen LogP contribution is -2.64. The third-order valence-electron chi connectivity index (χ3n) is 4.08. The molecule has 0 aromatic heterocycles. The average Bonchev–Trinajstić information content (AvgIpc) is 2.86. The van der Waals surface area contributed by atoms with Crippen LogP contribution in [0.4, 0.5) is 4.79 Å². The van der Waals surface area contributed by atoms with Gasteiger partial charge in [-0.2, -0.15) is 0 Å². The van der Waals surface area contributed by atoms with Gasteiger partial charge in [0.2, 0.25) is 0 Å². The summed E-state index contributed by atoms with van der Waals surface area (Å²) in [6, 6.07) is -1.000. The normalized spacial score (nSPS) is 29.4. The van der Waals surface area contributed by atoms with Gasteiger partial charge in [-0.1, -0.05) is 0 Å². The molecule has 2 fully saturated rings. The van der Waals surface area contributed by atoms with E-state index in [4.69, 9.17) is 0 Å². The van der Waals surface area contributed by atoms with Gasteiger partial charge in [0.05, 0.1) is 6.61 Å². The summed E-state index contributed by atoms with van der Waals surface area (Å²) in [5.41, 5.74) is 0. The molecule has 116 valence electrons. The number of hydrogen-bond acceptors (Lipinski definition) is 7. The molecule has 0 spiro atoms. The minimum absolute atomic E-state index is 0.0702. The van der Waals surface area contributed by atoms with Crippen molar-refractivity contribution >= 4 is 17.9 Å². The monoisotopic (exact) mass is 296 g/mol. The summed E-state index contributed by atoms with van der Waals surface area (Å²) in [6.45, 7) is 3.53. The number of urea groups is 1. The molecule has 2 unspecified atom stereocenters. The molecule has 0 aromatic carbocycles. The van der Waals surface area contributed by atoms with Crippen LogP contribution >= 0.6 is 0 Å². The highest BCUT2D eigenvalue weighted by molar-refractivity contribution is 6.03. The Labute approximate surface area is 122 Å². The second kappa shape index (κ2) is 5.49. The quantitative estimate of drug-likeness (QED) is 0.518. The topological polar surface area (TPSA) is 101 Å². The number of carbonyl (C=O) groups is 2. The predicted molar refractivity (Wildman–Crippen MR) is 74.5 cm³/mol. The van der Waals surface area contributed by atoms with E-state index in [1.165, 1.54) is 4.90 Å². The van der Waals surface area contributed by atoms with E-state index in [1.807, 2.05) is 0 Å². The van der Waals surface area contributed by atoms with Gasteiger partial charge in [0.15, 0.2) is 18.2 Å². The molecule has 0 radical (unpaired) electrons. The Morgan fingerprint density at radius 1 is 1.33 bits per heavy atom. The third kappa shape index (κ3) is 2.32. The zero-order valence-corrected chi connectivity index (χ0v) is 11.9. The fraction of sp³-hybridized carbons (Fsp3) is 0.750. The first kappa shape index (κ1) is 14.1. The van der Waals surface area contributed by atoms with Crippen molar-refractivity contribution in [2.24, 2.45) is 4.99 Å². The Morgan fingerprint density at radius 3 is 2.71 bits per heavy atom. The number of fused-ring (bicyclic) bond motifs is 1. The number of imide groups is 1. The number of likely N-dealkylation sites (N-methyl/N-ethyl adjacent to an activating group) is 1. The zero-order chi connectivity index (χ0) is 15.0. The molecule has 0 aromatic rings. The number of aliphatic imine (C=N–C) groups is 1. The number of β-amino-alcohol motifs (C(OH)–C–C–N with tert-alkyl or cyclic N) is 1. The molecule has 9 heteroatoms. The average molecular weight is 296 g/mol. The molecule has 0 aliphatic carbocycles. The van der Waals surface area contributed by atoms with Gasteiger partial charge in [-0.3, -0.25) is 10.1 Å². The zero-order valence-electron chi connectivity index (χ0n) is 11.9. The fourth-order valence-electron chi connectivity index (χ4n) is 2.99. The molecule has 0 saturated carbocycles. The van der Waals surface area contributed by atoms with Gasteiger partial charge in [-0.05, 0) is 0 Å². The standard InChI is InChI=1S/C12H20N6O3/c1-16-9-8(10(20)15-12(16)21)18(6-7-19)11(14-9)17-4-2-13-3-5-17/h8-9,13,19H,2-7H2,1H3,(H,15,20,21). The fourth-order valence-corrected chi connectivity index (χ4v) is 2.99. The Hall–Kier alpha value is -1.87. The smallest absolute Gasteiger partial charge is 0.325 e. The van der Waals surface area contributed by atoms with Gasteiger partial charge < -0.3 is 25.1 Å². The van der Waals surface area contributed by atoms with Crippen LogP contribution in [0.3, 0.4) is 0 Å². The Morgan fingerprint density at radius 2 is 2.05 bits per heavy atom. The van der Waals surface area contributed by atoms with E-state index in [9.17, 15) is 14.7 Å². The summed E-state index contributed by atoms with van der Waals surface area (Å²) < 4.78 is 0. The minimum Gasteiger partial charge on any atom is -0.395 e. The number of carbonyl (C=O) groups excluding carboxylic acids is 2. The number of piperazine rings is 1. The van der Waals surface area contributed by atoms with Crippen molar-refractivity contribution in [2.45, 2.75) is 12.2 Å². The van der Waals surface area contributed by atoms with E-state index in [2.05, 4.69) is 20.5 Å². The summed E-state index contributed by atoms with van der Waals surface area (Å²) in [7, 11) is 1.63. The Balaban J connectivity index is 1.90. The number of hydrogen-bond donors (Lipinski definition) is 3. The summed E-state index contributed by atoms with van der Waals surface area (Å²) >= 11 is 0. The largest absolute Gasteiger partial charge is 0.395 e. The number of nitrogens with zero attached hydrogens (tertiary/aromatic N) is 4. The van der Waals surface area contributed by atoms with Gasteiger partial charge in [-0.15, -0.1) is 0 Å². The summed E-state index contributed by atoms with van der Waals surface area (Å²) in [4.78, 5) is 33.8. The molecular formula is C12H20N6O3. The van der Waals surface area contributed by atoms with Gasteiger partial charge in [0, 0.05) is 39.8 Å². The van der Waals surface area contributed by atoms with Crippen LogP contribution < -0.4 is 10.6 Å². The molecule has 3 aliphatic rings. The maximum atomic E-state index is 12.2. The van der Waals surface area contributed by atoms with E-state index in [0.29, 0.717) is 12.5 Å². The maximum absolute atomic E-state index is 12.2. The van der Waals surface area contributed by atoms with Crippen LogP contribution in [0.1, 0.15) is 0 Å². The minimum atomic E-state index is -0.565. The van der Waals surface area contributed by atoms with Gasteiger partial charge in [-0.25, -0.2) is 9.79 Å². The van der Waals surface area contributed by atoms with Crippen molar-refractivity contribution < 1.29 is 14.7 Å². The van der Waals surface area contributed by atoms with Gasteiger partial charge in [0.1, 0.15) is 0 Å². The van der Waals surface area contributed by atoms with Crippen molar-refractivity contribution in [1.82, 2.24) is 25.3 Å². The van der Waals surface area contributed by atoms with E-state index >= 15 is 0 Å². The molecule has 3 rings (SSSR count). The van der Waals surface area contributed by atoms with Crippen LogP contribution in [0.5, 0.6) is 0 Å². The highest BCUT2D eigenvalue weighted by Gasteiger charge is 2.49. The lowest BCUT2D eigenvalue weighted by atomic mass is 10.1. The first-order valence-corrected chi connectivity index (χ1v) is 7.12. The molecule has 3 N–H and O–H groups in total. The van der Waals surface area contributed by atoms with Gasteiger partial charge in [0.25, 0.3) is 5.91 Å². The van der Waals surface area contributed by atoms with Gasteiger partial charge >= 0.3 is 6.03 Å². The first-order valence-electron chi connectivity index (χ1n) is 7.12. The number of aliphatic hydroxyl groups is 1. The van der Waals surface area contributed by atoms with Crippen molar-refractivity contribution in [3.8, 4) is 0 Å². The van der Waals surface area contributed by atoms with E-state index < -0.39 is 18.2 Å². The lowest BCUT2D eigenvalue weighted by molar-refractivity contribution is -0.127. The summed E-state index contributed by atoms with van der Waals surface area (Å²) in [5, 5.41) is 14.9. The predicted octanol–water partition coefficient (Wildman–Crippen LogP) is -2.57. The number of amides is 3. The van der Waals surface area contributed by atoms with E-state index in [0.717, 1.165) is 26.2 Å². The van der Waals surface area contributed by atoms with Crippen LogP contribution in [0.15, 0.2) is 4.99 Å². The summed E-state index contributed by atoms with van der Waals surface area (Å²) in [5.74, 6) is 0.336. The molecule has 2 atom stereocenters.